The Labute approximate surface area is 108 Å². The van der Waals surface area contributed by atoms with Crippen LogP contribution in [0.4, 0.5) is 0 Å². The summed E-state index contributed by atoms with van der Waals surface area (Å²) in [5, 5.41) is 0. The van der Waals surface area contributed by atoms with E-state index in [1.54, 1.807) is 0 Å². The zero-order valence-corrected chi connectivity index (χ0v) is 11.7. The molecule has 0 aliphatic rings. The Morgan fingerprint density at radius 2 is 1.69 bits per heavy atom. The van der Waals surface area contributed by atoms with Gasteiger partial charge in [-0.1, -0.05) is 24.1 Å². The van der Waals surface area contributed by atoms with E-state index < -0.39 is 0 Å². The van der Waals surface area contributed by atoms with Gasteiger partial charge >= 0.3 is 5.84 Å². The van der Waals surface area contributed by atoms with Gasteiger partial charge in [-0.3, -0.25) is 9.48 Å². The van der Waals surface area contributed by atoms with Crippen molar-refractivity contribution in [2.75, 3.05) is 28.2 Å². The molecule has 0 aromatic heterocycles. The van der Waals surface area contributed by atoms with Crippen molar-refractivity contribution in [1.82, 2.24) is 4.90 Å². The van der Waals surface area contributed by atoms with Crippen LogP contribution >= 0.6 is 0 Å². The predicted molar refractivity (Wildman–Crippen MR) is 64.1 cm³/mol. The number of amidine groups is 1. The van der Waals surface area contributed by atoms with Gasteiger partial charge in [0.2, 0.25) is 0 Å². The molecule has 0 saturated heterocycles. The van der Waals surface area contributed by atoms with E-state index in [0.717, 1.165) is 11.4 Å². The molecular weight excluding hydrogens is 264 g/mol. The number of hydrogen-bond acceptors (Lipinski definition) is 0. The highest BCUT2D eigenvalue weighted by molar-refractivity contribution is 5.94. The standard InChI is InChI=1S/C13H17N2.BrH/c1-14(2)13(15(3)4)11-10-12-8-6-5-7-9-12;/h5-9H,1-4H3;1H/q+1;/p-1. The van der Waals surface area contributed by atoms with Crippen molar-refractivity contribution in [3.8, 4) is 11.8 Å². The molecule has 1 rings (SSSR count). The normalized spacial score (nSPS) is 8.25. The molecule has 0 bridgehead atoms. The zero-order valence-electron chi connectivity index (χ0n) is 10.2. The molecule has 0 heterocycles. The van der Waals surface area contributed by atoms with Crippen LogP contribution in [0.5, 0.6) is 0 Å². The monoisotopic (exact) mass is 280 g/mol. The zero-order chi connectivity index (χ0) is 11.3. The molecule has 1 aromatic carbocycles. The van der Waals surface area contributed by atoms with Crippen LogP contribution < -0.4 is 17.0 Å². The summed E-state index contributed by atoms with van der Waals surface area (Å²) in [5.74, 6) is 7.29. The summed E-state index contributed by atoms with van der Waals surface area (Å²) in [6.45, 7) is 0. The fourth-order valence-electron chi connectivity index (χ4n) is 1.27. The average molecular weight is 281 g/mol. The van der Waals surface area contributed by atoms with Crippen molar-refractivity contribution in [3.63, 3.8) is 0 Å². The Kier molecular flexibility index (Phi) is 6.52. The molecule has 0 saturated carbocycles. The van der Waals surface area contributed by atoms with E-state index in [2.05, 4.69) is 11.8 Å². The van der Waals surface area contributed by atoms with Crippen molar-refractivity contribution in [2.24, 2.45) is 0 Å². The molecule has 86 valence electrons. The number of benzene rings is 1. The summed E-state index contributed by atoms with van der Waals surface area (Å²) in [4.78, 5) is 2.01. The predicted octanol–water partition coefficient (Wildman–Crippen LogP) is -1.73. The van der Waals surface area contributed by atoms with Gasteiger partial charge in [-0.2, -0.15) is 0 Å². The lowest BCUT2D eigenvalue weighted by Gasteiger charge is -2.04. The fourth-order valence-corrected chi connectivity index (χ4v) is 1.27. The number of rotatable bonds is 0. The second-order valence-electron chi connectivity index (χ2n) is 3.73. The summed E-state index contributed by atoms with van der Waals surface area (Å²) in [5.41, 5.74) is 1.04. The van der Waals surface area contributed by atoms with Crippen LogP contribution in [0.2, 0.25) is 0 Å². The van der Waals surface area contributed by atoms with Gasteiger partial charge in [0.25, 0.3) is 0 Å². The average Bonchev–Trinajstić information content (AvgIpc) is 2.18. The molecule has 2 nitrogen and oxygen atoms in total. The van der Waals surface area contributed by atoms with E-state index >= 15 is 0 Å². The van der Waals surface area contributed by atoms with E-state index in [-0.39, 0.29) is 17.0 Å². The van der Waals surface area contributed by atoms with Crippen LogP contribution in [0, 0.1) is 11.8 Å². The van der Waals surface area contributed by atoms with Gasteiger partial charge in [0.1, 0.15) is 0 Å². The van der Waals surface area contributed by atoms with Gasteiger partial charge < -0.3 is 17.0 Å². The Morgan fingerprint density at radius 1 is 1.12 bits per heavy atom. The van der Waals surface area contributed by atoms with E-state index in [1.807, 2.05) is 68.0 Å². The quantitative estimate of drug-likeness (QED) is 0.237. The topological polar surface area (TPSA) is 6.25 Å². The van der Waals surface area contributed by atoms with Gasteiger partial charge in [-0.05, 0) is 12.1 Å². The lowest BCUT2D eigenvalue weighted by molar-refractivity contribution is -0.468. The molecule has 1 aromatic rings. The van der Waals surface area contributed by atoms with Crippen LogP contribution in [0.1, 0.15) is 5.56 Å². The lowest BCUT2D eigenvalue weighted by atomic mass is 10.2. The van der Waals surface area contributed by atoms with Gasteiger partial charge in [-0.15, -0.1) is 0 Å². The highest BCUT2D eigenvalue weighted by Gasteiger charge is 2.06. The summed E-state index contributed by atoms with van der Waals surface area (Å²) in [6, 6.07) is 10.0. The minimum atomic E-state index is 0. The van der Waals surface area contributed by atoms with Gasteiger partial charge in [0.05, 0.1) is 28.2 Å². The van der Waals surface area contributed by atoms with Crippen molar-refractivity contribution in [1.29, 1.82) is 0 Å². The molecule has 0 amide bonds. The number of hydrogen-bond donors (Lipinski definition) is 0. The third-order valence-corrected chi connectivity index (χ3v) is 1.94. The number of nitrogens with zero attached hydrogens (tertiary/aromatic N) is 2. The third-order valence-electron chi connectivity index (χ3n) is 1.94. The minimum absolute atomic E-state index is 0. The van der Waals surface area contributed by atoms with Crippen LogP contribution in [-0.4, -0.2) is 43.5 Å². The van der Waals surface area contributed by atoms with E-state index in [0.29, 0.717) is 0 Å². The molecule has 0 fully saturated rings. The third kappa shape index (κ3) is 4.50. The Bertz CT molecular complexity index is 407. The molecule has 0 N–H and O–H groups in total. The summed E-state index contributed by atoms with van der Waals surface area (Å²) in [7, 11) is 7.98. The first kappa shape index (κ1) is 14.7. The second kappa shape index (κ2) is 7.08. The van der Waals surface area contributed by atoms with Crippen LogP contribution in [0.3, 0.4) is 0 Å². The second-order valence-corrected chi connectivity index (χ2v) is 3.73. The van der Waals surface area contributed by atoms with Gasteiger partial charge in [0.15, 0.2) is 0 Å². The molecule has 0 spiro atoms. The first-order valence-electron chi connectivity index (χ1n) is 4.90. The van der Waals surface area contributed by atoms with Crippen molar-refractivity contribution in [2.45, 2.75) is 0 Å². The Morgan fingerprint density at radius 3 is 2.12 bits per heavy atom. The Balaban J connectivity index is 0.00000225. The molecule has 0 aliphatic heterocycles. The summed E-state index contributed by atoms with van der Waals surface area (Å²) in [6.07, 6.45) is 0. The molecular formula is C13H17BrN2. The van der Waals surface area contributed by atoms with Crippen molar-refractivity contribution >= 4 is 5.84 Å². The van der Waals surface area contributed by atoms with Crippen LogP contribution in [-0.2, 0) is 0 Å². The molecule has 0 atom stereocenters. The van der Waals surface area contributed by atoms with Crippen molar-refractivity contribution < 1.29 is 21.6 Å². The SMILES string of the molecule is CN(C)C(C#Cc1ccccc1)=[N+](C)C.[Br-]. The van der Waals surface area contributed by atoms with Crippen LogP contribution in [0.15, 0.2) is 30.3 Å². The maximum Gasteiger partial charge on any atom is 0.324 e. The molecule has 0 aliphatic carbocycles. The van der Waals surface area contributed by atoms with E-state index in [1.165, 1.54) is 0 Å². The smallest absolute Gasteiger partial charge is 0.324 e. The maximum absolute atomic E-state index is 3.15. The molecule has 0 radical (unpaired) electrons. The van der Waals surface area contributed by atoms with E-state index in [4.69, 9.17) is 0 Å². The van der Waals surface area contributed by atoms with Crippen molar-refractivity contribution in [3.05, 3.63) is 35.9 Å². The molecule has 0 unspecified atom stereocenters. The highest BCUT2D eigenvalue weighted by Crippen LogP contribution is 1.94. The summed E-state index contributed by atoms with van der Waals surface area (Å²) >= 11 is 0. The molecule has 16 heavy (non-hydrogen) atoms. The first-order chi connectivity index (χ1) is 7.11. The molecule has 3 heteroatoms. The summed E-state index contributed by atoms with van der Waals surface area (Å²) < 4.78 is 2.01. The minimum Gasteiger partial charge on any atom is -1.00 e. The Hall–Kier alpha value is -1.27. The van der Waals surface area contributed by atoms with Crippen LogP contribution in [0.25, 0.3) is 0 Å². The number of halogens is 1. The van der Waals surface area contributed by atoms with Gasteiger partial charge in [0, 0.05) is 11.5 Å². The maximum atomic E-state index is 3.15. The lowest BCUT2D eigenvalue weighted by Crippen LogP contribution is -3.00. The first-order valence-corrected chi connectivity index (χ1v) is 4.90. The van der Waals surface area contributed by atoms with E-state index in [9.17, 15) is 0 Å². The van der Waals surface area contributed by atoms with Gasteiger partial charge in [-0.25, -0.2) is 0 Å². The highest BCUT2D eigenvalue weighted by atomic mass is 79.9. The fraction of sp³-hybridized carbons (Fsp3) is 0.308. The largest absolute Gasteiger partial charge is 1.00 e.